The zero-order valence-corrected chi connectivity index (χ0v) is 13.0. The summed E-state index contributed by atoms with van der Waals surface area (Å²) >= 11 is 0. The van der Waals surface area contributed by atoms with Crippen LogP contribution in [-0.2, 0) is 31.9 Å². The van der Waals surface area contributed by atoms with Crippen molar-refractivity contribution >= 4 is 17.1 Å². The third kappa shape index (κ3) is 2.68. The van der Waals surface area contributed by atoms with E-state index in [1.54, 1.807) is 11.6 Å². The standard InChI is InChI=1S/C14H20N4O4/c1-4-5-6-7-9-15-12-11(16(9)2)13(21)18(8-10(19)20)14(22)17(12)3/h4-8H2,1-3H3,(H,19,20). The quantitative estimate of drug-likeness (QED) is 0.771. The second-order valence-corrected chi connectivity index (χ2v) is 5.34. The number of fused-ring (bicyclic) bond motifs is 1. The molecule has 0 atom stereocenters. The van der Waals surface area contributed by atoms with Crippen molar-refractivity contribution in [1.82, 2.24) is 18.7 Å². The second kappa shape index (κ2) is 6.17. The maximum absolute atomic E-state index is 12.4. The van der Waals surface area contributed by atoms with E-state index in [2.05, 4.69) is 11.9 Å². The van der Waals surface area contributed by atoms with E-state index in [1.165, 1.54) is 11.6 Å². The van der Waals surface area contributed by atoms with Crippen molar-refractivity contribution in [2.24, 2.45) is 14.1 Å². The Balaban J connectivity index is 2.65. The lowest BCUT2D eigenvalue weighted by atomic mass is 10.2. The molecule has 2 heterocycles. The molecule has 0 saturated heterocycles. The van der Waals surface area contributed by atoms with Gasteiger partial charge in [0.1, 0.15) is 12.4 Å². The highest BCUT2D eigenvalue weighted by Crippen LogP contribution is 2.12. The predicted octanol–water partition coefficient (Wildman–Crippen LogP) is 0.251. The Morgan fingerprint density at radius 3 is 2.45 bits per heavy atom. The molecule has 120 valence electrons. The number of aliphatic carboxylic acids is 1. The number of carboxylic acid groups (broad SMARTS) is 1. The molecule has 0 aliphatic carbocycles. The van der Waals surface area contributed by atoms with Crippen LogP contribution in [0.2, 0.25) is 0 Å². The van der Waals surface area contributed by atoms with Gasteiger partial charge in [0, 0.05) is 20.5 Å². The van der Waals surface area contributed by atoms with E-state index in [-0.39, 0.29) is 5.52 Å². The van der Waals surface area contributed by atoms with Gasteiger partial charge in [-0.05, 0) is 6.42 Å². The largest absolute Gasteiger partial charge is 0.480 e. The summed E-state index contributed by atoms with van der Waals surface area (Å²) in [7, 11) is 3.21. The van der Waals surface area contributed by atoms with Gasteiger partial charge in [0.05, 0.1) is 0 Å². The van der Waals surface area contributed by atoms with Crippen LogP contribution < -0.4 is 11.2 Å². The van der Waals surface area contributed by atoms with Crippen molar-refractivity contribution in [2.45, 2.75) is 39.2 Å². The predicted molar refractivity (Wildman–Crippen MR) is 81.1 cm³/mol. The highest BCUT2D eigenvalue weighted by Gasteiger charge is 2.19. The van der Waals surface area contributed by atoms with E-state index in [1.807, 2.05) is 0 Å². The number of carbonyl (C=O) groups is 1. The van der Waals surface area contributed by atoms with E-state index in [9.17, 15) is 14.4 Å². The molecule has 8 nitrogen and oxygen atoms in total. The van der Waals surface area contributed by atoms with E-state index in [0.717, 1.165) is 29.7 Å². The van der Waals surface area contributed by atoms with Gasteiger partial charge in [-0.3, -0.25) is 14.2 Å². The molecule has 0 spiro atoms. The van der Waals surface area contributed by atoms with Crippen LogP contribution >= 0.6 is 0 Å². The zero-order chi connectivity index (χ0) is 16.4. The SMILES string of the molecule is CCCCCc1nc2c(c(=O)n(CC(=O)O)c(=O)n2C)n1C. The maximum Gasteiger partial charge on any atom is 0.333 e. The third-order valence-electron chi connectivity index (χ3n) is 3.75. The van der Waals surface area contributed by atoms with E-state index >= 15 is 0 Å². The molecule has 2 rings (SSSR count). The highest BCUT2D eigenvalue weighted by molar-refractivity contribution is 5.72. The zero-order valence-electron chi connectivity index (χ0n) is 13.0. The Bertz CT molecular complexity index is 828. The first-order chi connectivity index (χ1) is 10.4. The molecule has 0 amide bonds. The molecular formula is C14H20N4O4. The summed E-state index contributed by atoms with van der Waals surface area (Å²) in [5.74, 6) is -0.507. The number of carboxylic acids is 1. The van der Waals surface area contributed by atoms with Crippen LogP contribution in [0, 0.1) is 0 Å². The number of rotatable bonds is 6. The van der Waals surface area contributed by atoms with Gasteiger partial charge in [0.25, 0.3) is 5.56 Å². The average molecular weight is 308 g/mol. The lowest BCUT2D eigenvalue weighted by Gasteiger charge is -2.06. The number of aryl methyl sites for hydroxylation is 3. The molecule has 2 aromatic rings. The number of unbranched alkanes of at least 4 members (excludes halogenated alkanes) is 2. The molecule has 0 aromatic carbocycles. The van der Waals surface area contributed by atoms with E-state index in [0.29, 0.717) is 12.1 Å². The molecular weight excluding hydrogens is 288 g/mol. The fraction of sp³-hybridized carbons (Fsp3) is 0.571. The van der Waals surface area contributed by atoms with Crippen molar-refractivity contribution in [2.75, 3.05) is 0 Å². The van der Waals surface area contributed by atoms with Gasteiger partial charge < -0.3 is 9.67 Å². The molecule has 8 heteroatoms. The summed E-state index contributed by atoms with van der Waals surface area (Å²) in [5, 5.41) is 8.87. The average Bonchev–Trinajstić information content (AvgIpc) is 2.79. The summed E-state index contributed by atoms with van der Waals surface area (Å²) in [6.45, 7) is 1.45. The van der Waals surface area contributed by atoms with E-state index in [4.69, 9.17) is 5.11 Å². The molecule has 2 aromatic heterocycles. The summed E-state index contributed by atoms with van der Waals surface area (Å²) in [6.07, 6.45) is 3.80. The first-order valence-electron chi connectivity index (χ1n) is 7.25. The van der Waals surface area contributed by atoms with Gasteiger partial charge in [0.15, 0.2) is 11.2 Å². The van der Waals surface area contributed by atoms with Crippen LogP contribution in [0.4, 0.5) is 0 Å². The van der Waals surface area contributed by atoms with Crippen LogP contribution in [0.5, 0.6) is 0 Å². The van der Waals surface area contributed by atoms with Gasteiger partial charge >= 0.3 is 11.7 Å². The van der Waals surface area contributed by atoms with Crippen molar-refractivity contribution in [3.8, 4) is 0 Å². The fourth-order valence-electron chi connectivity index (χ4n) is 2.52. The Kier molecular flexibility index (Phi) is 4.48. The number of hydrogen-bond acceptors (Lipinski definition) is 4. The fourth-order valence-corrected chi connectivity index (χ4v) is 2.52. The third-order valence-corrected chi connectivity index (χ3v) is 3.75. The molecule has 0 aliphatic heterocycles. The Morgan fingerprint density at radius 2 is 1.86 bits per heavy atom. The molecule has 0 bridgehead atoms. The van der Waals surface area contributed by atoms with Gasteiger partial charge in [-0.1, -0.05) is 19.8 Å². The minimum atomic E-state index is -1.23. The normalized spacial score (nSPS) is 11.2. The van der Waals surface area contributed by atoms with Crippen molar-refractivity contribution in [3.05, 3.63) is 26.7 Å². The van der Waals surface area contributed by atoms with Crippen LogP contribution in [0.1, 0.15) is 32.0 Å². The lowest BCUT2D eigenvalue weighted by molar-refractivity contribution is -0.137. The highest BCUT2D eigenvalue weighted by atomic mass is 16.4. The topological polar surface area (TPSA) is 99.1 Å². The smallest absolute Gasteiger partial charge is 0.333 e. The molecule has 0 saturated carbocycles. The molecule has 22 heavy (non-hydrogen) atoms. The van der Waals surface area contributed by atoms with Crippen molar-refractivity contribution in [3.63, 3.8) is 0 Å². The second-order valence-electron chi connectivity index (χ2n) is 5.34. The number of nitrogens with zero attached hydrogens (tertiary/aromatic N) is 4. The van der Waals surface area contributed by atoms with Crippen molar-refractivity contribution in [1.29, 1.82) is 0 Å². The lowest BCUT2D eigenvalue weighted by Crippen LogP contribution is -2.41. The van der Waals surface area contributed by atoms with Crippen LogP contribution in [0.3, 0.4) is 0 Å². The van der Waals surface area contributed by atoms with Crippen LogP contribution in [0.15, 0.2) is 9.59 Å². The van der Waals surface area contributed by atoms with E-state index < -0.39 is 23.8 Å². The van der Waals surface area contributed by atoms with Gasteiger partial charge in [0.2, 0.25) is 0 Å². The van der Waals surface area contributed by atoms with Gasteiger partial charge in [-0.15, -0.1) is 0 Å². The molecule has 0 aliphatic rings. The summed E-state index contributed by atoms with van der Waals surface area (Å²) in [6, 6.07) is 0. The molecule has 0 unspecified atom stereocenters. The van der Waals surface area contributed by atoms with Gasteiger partial charge in [-0.2, -0.15) is 0 Å². The number of imidazole rings is 1. The molecule has 1 N–H and O–H groups in total. The number of aromatic nitrogens is 4. The van der Waals surface area contributed by atoms with Crippen LogP contribution in [0.25, 0.3) is 11.2 Å². The summed E-state index contributed by atoms with van der Waals surface area (Å²) in [4.78, 5) is 39.8. The number of hydrogen-bond donors (Lipinski definition) is 1. The monoisotopic (exact) mass is 308 g/mol. The Labute approximate surface area is 126 Å². The minimum absolute atomic E-state index is 0.259. The van der Waals surface area contributed by atoms with Crippen LogP contribution in [-0.4, -0.2) is 29.8 Å². The Morgan fingerprint density at radius 1 is 1.18 bits per heavy atom. The molecule has 0 radical (unpaired) electrons. The summed E-state index contributed by atoms with van der Waals surface area (Å²) in [5.41, 5.74) is -0.726. The first-order valence-corrected chi connectivity index (χ1v) is 7.25. The van der Waals surface area contributed by atoms with Gasteiger partial charge in [-0.25, -0.2) is 14.3 Å². The van der Waals surface area contributed by atoms with Crippen molar-refractivity contribution < 1.29 is 9.90 Å². The first kappa shape index (κ1) is 16.0. The minimum Gasteiger partial charge on any atom is -0.480 e. The summed E-state index contributed by atoms with van der Waals surface area (Å²) < 4.78 is 3.61. The Hall–Kier alpha value is -2.38. The molecule has 0 fully saturated rings. The maximum atomic E-state index is 12.4.